The molecule has 19 heavy (non-hydrogen) atoms. The van der Waals surface area contributed by atoms with Gasteiger partial charge >= 0.3 is 0 Å². The molecule has 0 aliphatic carbocycles. The highest BCUT2D eigenvalue weighted by Crippen LogP contribution is 2.23. The second kappa shape index (κ2) is 4.31. The summed E-state index contributed by atoms with van der Waals surface area (Å²) in [5.74, 6) is 1.18. The van der Waals surface area contributed by atoms with Crippen molar-refractivity contribution in [3.8, 4) is 0 Å². The lowest BCUT2D eigenvalue weighted by Crippen LogP contribution is -2.16. The van der Waals surface area contributed by atoms with E-state index in [9.17, 15) is 0 Å². The van der Waals surface area contributed by atoms with Crippen LogP contribution in [0, 0.1) is 6.92 Å². The van der Waals surface area contributed by atoms with Crippen molar-refractivity contribution in [3.05, 3.63) is 35.9 Å². The number of oxazole rings is 1. The van der Waals surface area contributed by atoms with Crippen LogP contribution in [0.5, 0.6) is 0 Å². The molecule has 0 saturated heterocycles. The molecule has 98 valence electrons. The lowest BCUT2D eigenvalue weighted by Gasteiger charge is -2.17. The molecule has 1 aromatic carbocycles. The van der Waals surface area contributed by atoms with E-state index < -0.39 is 0 Å². The zero-order chi connectivity index (χ0) is 13.4. The normalized spacial score (nSPS) is 11.1. The molecule has 0 fully saturated rings. The van der Waals surface area contributed by atoms with Gasteiger partial charge in [0.1, 0.15) is 11.3 Å². The summed E-state index contributed by atoms with van der Waals surface area (Å²) in [6.07, 6.45) is 0. The molecule has 0 saturated carbocycles. The van der Waals surface area contributed by atoms with E-state index in [0.717, 1.165) is 22.5 Å². The molecule has 0 spiro atoms. The van der Waals surface area contributed by atoms with Gasteiger partial charge in [0.15, 0.2) is 11.5 Å². The summed E-state index contributed by atoms with van der Waals surface area (Å²) < 4.78 is 5.54. The molecule has 2 aromatic heterocycles. The van der Waals surface area contributed by atoms with E-state index in [2.05, 4.69) is 20.1 Å². The molecule has 6 heteroatoms. The second-order valence-corrected chi connectivity index (χ2v) is 4.56. The summed E-state index contributed by atoms with van der Waals surface area (Å²) in [5.41, 5.74) is 9.28. The van der Waals surface area contributed by atoms with Crippen molar-refractivity contribution >= 4 is 22.6 Å². The molecule has 3 N–H and O–H groups in total. The Balaban J connectivity index is 1.86. The molecule has 0 unspecified atom stereocenters. The molecular formula is C13H15N5O. The lowest BCUT2D eigenvalue weighted by atomic mass is 10.2. The van der Waals surface area contributed by atoms with Gasteiger partial charge in [-0.3, -0.25) is 5.10 Å². The van der Waals surface area contributed by atoms with Crippen LogP contribution in [-0.4, -0.2) is 22.2 Å². The Kier molecular flexibility index (Phi) is 2.63. The minimum Gasteiger partial charge on any atom is -0.441 e. The maximum Gasteiger partial charge on any atom is 0.192 e. The summed E-state index contributed by atoms with van der Waals surface area (Å²) >= 11 is 0. The van der Waals surface area contributed by atoms with Crippen molar-refractivity contribution < 1.29 is 4.42 Å². The highest BCUT2D eigenvalue weighted by Gasteiger charge is 2.08. The van der Waals surface area contributed by atoms with Gasteiger partial charge in [0.25, 0.3) is 0 Å². The molecule has 0 aliphatic rings. The van der Waals surface area contributed by atoms with Gasteiger partial charge in [-0.25, -0.2) is 4.98 Å². The number of benzene rings is 1. The maximum absolute atomic E-state index is 5.59. The third kappa shape index (κ3) is 2.24. The SMILES string of the molecule is Cc1nc2ccc(N(C)Cc3cc(N)n[nH]3)cc2o1. The Morgan fingerprint density at radius 3 is 2.95 bits per heavy atom. The van der Waals surface area contributed by atoms with Crippen LogP contribution in [0.4, 0.5) is 11.5 Å². The van der Waals surface area contributed by atoms with E-state index in [0.29, 0.717) is 18.3 Å². The van der Waals surface area contributed by atoms with Gasteiger partial charge in [0.2, 0.25) is 0 Å². The molecule has 0 radical (unpaired) electrons. The number of hydrogen-bond acceptors (Lipinski definition) is 5. The zero-order valence-electron chi connectivity index (χ0n) is 10.8. The average Bonchev–Trinajstić information content (AvgIpc) is 2.93. The van der Waals surface area contributed by atoms with Gasteiger partial charge in [0, 0.05) is 31.8 Å². The second-order valence-electron chi connectivity index (χ2n) is 4.56. The van der Waals surface area contributed by atoms with Crippen LogP contribution in [0.25, 0.3) is 11.1 Å². The van der Waals surface area contributed by atoms with Gasteiger partial charge in [-0.2, -0.15) is 5.10 Å². The Morgan fingerprint density at radius 2 is 2.21 bits per heavy atom. The zero-order valence-corrected chi connectivity index (χ0v) is 10.8. The fraction of sp³-hybridized carbons (Fsp3) is 0.231. The van der Waals surface area contributed by atoms with Gasteiger partial charge in [-0.15, -0.1) is 0 Å². The molecule has 0 amide bonds. The predicted octanol–water partition coefficient (Wildman–Crippen LogP) is 2.08. The molecule has 2 heterocycles. The summed E-state index contributed by atoms with van der Waals surface area (Å²) in [4.78, 5) is 6.37. The van der Waals surface area contributed by atoms with Crippen LogP contribution >= 0.6 is 0 Å². The fourth-order valence-electron chi connectivity index (χ4n) is 2.07. The van der Waals surface area contributed by atoms with Crippen molar-refractivity contribution in [2.45, 2.75) is 13.5 Å². The van der Waals surface area contributed by atoms with Gasteiger partial charge < -0.3 is 15.1 Å². The standard InChI is InChI=1S/C13H15N5O/c1-8-15-11-4-3-10(6-12(11)19-8)18(2)7-9-5-13(14)17-16-9/h3-6H,7H2,1-2H3,(H3,14,16,17). The number of aromatic amines is 1. The number of H-pyrrole nitrogens is 1. The van der Waals surface area contributed by atoms with Crippen molar-refractivity contribution in [3.63, 3.8) is 0 Å². The molecule has 3 aromatic rings. The number of aryl methyl sites for hydroxylation is 1. The molecule has 0 aliphatic heterocycles. The number of nitrogens with zero attached hydrogens (tertiary/aromatic N) is 3. The first kappa shape index (κ1) is 11.6. The van der Waals surface area contributed by atoms with Crippen LogP contribution in [0.1, 0.15) is 11.6 Å². The summed E-state index contributed by atoms with van der Waals surface area (Å²) in [7, 11) is 2.00. The van der Waals surface area contributed by atoms with Crippen molar-refractivity contribution in [2.24, 2.45) is 0 Å². The smallest absolute Gasteiger partial charge is 0.192 e. The quantitative estimate of drug-likeness (QED) is 0.750. The third-order valence-electron chi connectivity index (χ3n) is 2.98. The molecule has 6 nitrogen and oxygen atoms in total. The molecular weight excluding hydrogens is 242 g/mol. The number of nitrogens with one attached hydrogen (secondary N) is 1. The van der Waals surface area contributed by atoms with E-state index in [1.54, 1.807) is 0 Å². The van der Waals surface area contributed by atoms with Gasteiger partial charge in [-0.1, -0.05) is 0 Å². The summed E-state index contributed by atoms with van der Waals surface area (Å²) in [6.45, 7) is 2.54. The topological polar surface area (TPSA) is 84.0 Å². The van der Waals surface area contributed by atoms with E-state index >= 15 is 0 Å². The predicted molar refractivity (Wildman–Crippen MR) is 73.9 cm³/mol. The van der Waals surface area contributed by atoms with Crippen LogP contribution < -0.4 is 10.6 Å². The van der Waals surface area contributed by atoms with Crippen LogP contribution in [0.2, 0.25) is 0 Å². The van der Waals surface area contributed by atoms with Crippen molar-refractivity contribution in [2.75, 3.05) is 17.7 Å². The number of hydrogen-bond donors (Lipinski definition) is 2. The average molecular weight is 257 g/mol. The van der Waals surface area contributed by atoms with Gasteiger partial charge in [-0.05, 0) is 12.1 Å². The van der Waals surface area contributed by atoms with E-state index in [4.69, 9.17) is 10.2 Å². The first-order chi connectivity index (χ1) is 9.11. The highest BCUT2D eigenvalue weighted by atomic mass is 16.3. The largest absolute Gasteiger partial charge is 0.441 e. The van der Waals surface area contributed by atoms with E-state index in [-0.39, 0.29) is 0 Å². The highest BCUT2D eigenvalue weighted by molar-refractivity contribution is 5.77. The Bertz CT molecular complexity index is 715. The number of nitrogen functional groups attached to an aromatic ring is 1. The summed E-state index contributed by atoms with van der Waals surface area (Å²) in [5, 5.41) is 6.81. The lowest BCUT2D eigenvalue weighted by molar-refractivity contribution is 0.561. The molecule has 0 bridgehead atoms. The Labute approximate surface area is 110 Å². The number of fused-ring (bicyclic) bond motifs is 1. The fourth-order valence-corrected chi connectivity index (χ4v) is 2.07. The van der Waals surface area contributed by atoms with E-state index in [1.807, 2.05) is 38.2 Å². The number of aromatic nitrogens is 3. The number of rotatable bonds is 3. The minimum atomic E-state index is 0.504. The number of anilines is 2. The van der Waals surface area contributed by atoms with Crippen molar-refractivity contribution in [1.29, 1.82) is 0 Å². The maximum atomic E-state index is 5.59. The van der Waals surface area contributed by atoms with Crippen LogP contribution in [0.3, 0.4) is 0 Å². The van der Waals surface area contributed by atoms with Gasteiger partial charge in [0.05, 0.1) is 12.2 Å². The van der Waals surface area contributed by atoms with E-state index in [1.165, 1.54) is 0 Å². The Hall–Kier alpha value is -2.50. The monoisotopic (exact) mass is 257 g/mol. The first-order valence-electron chi connectivity index (χ1n) is 6.00. The molecule has 3 rings (SSSR count). The minimum absolute atomic E-state index is 0.504. The first-order valence-corrected chi connectivity index (χ1v) is 6.00. The Morgan fingerprint density at radius 1 is 1.37 bits per heavy atom. The third-order valence-corrected chi connectivity index (χ3v) is 2.98. The van der Waals surface area contributed by atoms with Crippen LogP contribution in [-0.2, 0) is 6.54 Å². The molecule has 0 atom stereocenters. The van der Waals surface area contributed by atoms with Crippen molar-refractivity contribution in [1.82, 2.24) is 15.2 Å². The summed E-state index contributed by atoms with van der Waals surface area (Å²) in [6, 6.07) is 7.78. The van der Waals surface area contributed by atoms with Crippen LogP contribution in [0.15, 0.2) is 28.7 Å². The number of nitrogens with two attached hydrogens (primary N) is 1.